The molecule has 0 atom stereocenters. The Morgan fingerprint density at radius 3 is 2.14 bits per heavy atom. The van der Waals surface area contributed by atoms with Crippen LogP contribution < -0.4 is 0 Å². The van der Waals surface area contributed by atoms with Gasteiger partial charge in [-0.05, 0) is 6.42 Å². The Hall–Kier alpha value is -1.40. The second kappa shape index (κ2) is 4.21. The third-order valence-corrected chi connectivity index (χ3v) is 1.53. The fraction of sp³-hybridized carbons (Fsp3) is 0.500. The number of carbonyl (C=O) groups excluding carboxylic acids is 2. The molecule has 6 heteroatoms. The van der Waals surface area contributed by atoms with Crippen molar-refractivity contribution in [2.24, 2.45) is 0 Å². The lowest BCUT2D eigenvalue weighted by Crippen LogP contribution is -2.38. The molecule has 0 aromatic carbocycles. The fourth-order valence-corrected chi connectivity index (χ4v) is 0.944. The van der Waals surface area contributed by atoms with E-state index in [1.54, 1.807) is 0 Å². The van der Waals surface area contributed by atoms with Crippen LogP contribution in [0.5, 0.6) is 0 Å². The summed E-state index contributed by atoms with van der Waals surface area (Å²) in [6.07, 6.45) is 1.71. The predicted octanol–water partition coefficient (Wildman–Crippen LogP) is -0.939. The topological polar surface area (TPSA) is 93.1 Å². The quantitative estimate of drug-likeness (QED) is 0.574. The first-order valence-corrected chi connectivity index (χ1v) is 4.03. The lowest BCUT2D eigenvalue weighted by Gasteiger charge is -2.24. The zero-order chi connectivity index (χ0) is 10.6. The summed E-state index contributed by atoms with van der Waals surface area (Å²) in [5, 5.41) is 18.0. The van der Waals surface area contributed by atoms with Crippen molar-refractivity contribution >= 4 is 11.9 Å². The average Bonchev–Trinajstić information content (AvgIpc) is 2.23. The van der Waals surface area contributed by atoms with Crippen LogP contribution >= 0.6 is 0 Å². The zero-order valence-corrected chi connectivity index (χ0v) is 7.30. The molecule has 0 fully saturated rings. The number of cyclic esters (lactones) is 2. The molecule has 0 aliphatic carbocycles. The van der Waals surface area contributed by atoms with E-state index < -0.39 is 17.9 Å². The molecule has 0 unspecified atom stereocenters. The molecule has 0 amide bonds. The molecule has 1 rings (SSSR count). The molecule has 1 aliphatic rings. The average molecular weight is 202 g/mol. The maximum Gasteiger partial charge on any atom is 0.373 e. The lowest BCUT2D eigenvalue weighted by atomic mass is 10.3. The van der Waals surface area contributed by atoms with Crippen LogP contribution in [0.25, 0.3) is 0 Å². The van der Waals surface area contributed by atoms with Crippen LogP contribution in [0, 0.1) is 0 Å². The molecule has 6 nitrogen and oxygen atoms in total. The standard InChI is InChI=1S/C8H10O6/c9-5-1-4-8(12)13-6(10)2-3-7(11)14-8/h2-3,9,12H,1,4-5H2. The normalized spacial score (nSPS) is 19.9. The molecule has 1 heterocycles. The van der Waals surface area contributed by atoms with Gasteiger partial charge >= 0.3 is 17.9 Å². The summed E-state index contributed by atoms with van der Waals surface area (Å²) in [5.74, 6) is -3.99. The molecule has 0 aromatic heterocycles. The van der Waals surface area contributed by atoms with Gasteiger partial charge in [-0.1, -0.05) is 0 Å². The first kappa shape index (κ1) is 10.7. The number of esters is 2. The minimum atomic E-state index is -2.26. The number of hydrogen-bond donors (Lipinski definition) is 2. The van der Waals surface area contributed by atoms with Crippen molar-refractivity contribution in [2.75, 3.05) is 6.61 Å². The zero-order valence-electron chi connectivity index (χ0n) is 7.30. The summed E-state index contributed by atoms with van der Waals surface area (Å²) in [6.45, 7) is -0.204. The van der Waals surface area contributed by atoms with Crippen molar-refractivity contribution in [1.82, 2.24) is 0 Å². The molecule has 1 aliphatic heterocycles. The van der Waals surface area contributed by atoms with E-state index in [0.29, 0.717) is 0 Å². The summed E-state index contributed by atoms with van der Waals surface area (Å²) >= 11 is 0. The Morgan fingerprint density at radius 2 is 1.71 bits per heavy atom. The van der Waals surface area contributed by atoms with Gasteiger partial charge < -0.3 is 19.7 Å². The van der Waals surface area contributed by atoms with Crippen LogP contribution in [-0.4, -0.2) is 34.7 Å². The third kappa shape index (κ3) is 2.82. The van der Waals surface area contributed by atoms with Crippen LogP contribution in [0.1, 0.15) is 12.8 Å². The Bertz CT molecular complexity index is 249. The molecule has 0 saturated heterocycles. The van der Waals surface area contributed by atoms with Gasteiger partial charge in [-0.25, -0.2) is 9.59 Å². The molecule has 0 radical (unpaired) electrons. The van der Waals surface area contributed by atoms with Crippen molar-refractivity contribution in [3.8, 4) is 0 Å². The monoisotopic (exact) mass is 202 g/mol. The first-order valence-electron chi connectivity index (χ1n) is 4.03. The van der Waals surface area contributed by atoms with Crippen LogP contribution in [0.15, 0.2) is 12.2 Å². The van der Waals surface area contributed by atoms with E-state index in [-0.39, 0.29) is 19.4 Å². The van der Waals surface area contributed by atoms with Crippen molar-refractivity contribution in [1.29, 1.82) is 0 Å². The number of aliphatic hydroxyl groups is 2. The predicted molar refractivity (Wildman–Crippen MR) is 42.6 cm³/mol. The molecule has 0 saturated carbocycles. The number of aliphatic hydroxyl groups excluding tert-OH is 1. The first-order chi connectivity index (χ1) is 6.56. The fourth-order valence-electron chi connectivity index (χ4n) is 0.944. The van der Waals surface area contributed by atoms with Crippen molar-refractivity contribution in [3.63, 3.8) is 0 Å². The second-order valence-electron chi connectivity index (χ2n) is 2.72. The van der Waals surface area contributed by atoms with Gasteiger partial charge in [-0.15, -0.1) is 0 Å². The van der Waals surface area contributed by atoms with Crippen LogP contribution in [0.3, 0.4) is 0 Å². The van der Waals surface area contributed by atoms with E-state index in [2.05, 4.69) is 9.47 Å². The SMILES string of the molecule is O=C1C=CC(=O)OC(O)(CCCO)O1. The van der Waals surface area contributed by atoms with Crippen molar-refractivity contribution < 1.29 is 29.3 Å². The van der Waals surface area contributed by atoms with Crippen LogP contribution in [0.2, 0.25) is 0 Å². The van der Waals surface area contributed by atoms with E-state index in [9.17, 15) is 14.7 Å². The van der Waals surface area contributed by atoms with Gasteiger partial charge in [0.2, 0.25) is 0 Å². The summed E-state index contributed by atoms with van der Waals surface area (Å²) in [4.78, 5) is 21.7. The van der Waals surface area contributed by atoms with E-state index in [1.807, 2.05) is 0 Å². The lowest BCUT2D eigenvalue weighted by molar-refractivity contribution is -0.323. The van der Waals surface area contributed by atoms with Gasteiger partial charge in [0.25, 0.3) is 0 Å². The minimum absolute atomic E-state index is 0.150. The minimum Gasteiger partial charge on any atom is -0.396 e. The molecule has 78 valence electrons. The Balaban J connectivity index is 2.68. The Morgan fingerprint density at radius 1 is 1.21 bits per heavy atom. The summed E-state index contributed by atoms with van der Waals surface area (Å²) in [7, 11) is 0. The molecule has 0 bridgehead atoms. The summed E-state index contributed by atoms with van der Waals surface area (Å²) in [6, 6.07) is 0. The van der Waals surface area contributed by atoms with Gasteiger partial charge in [0.1, 0.15) is 0 Å². The Kier molecular flexibility index (Phi) is 3.21. The highest BCUT2D eigenvalue weighted by atomic mass is 16.8. The van der Waals surface area contributed by atoms with E-state index in [1.165, 1.54) is 0 Å². The maximum absolute atomic E-state index is 10.8. The largest absolute Gasteiger partial charge is 0.396 e. The van der Waals surface area contributed by atoms with Crippen molar-refractivity contribution in [2.45, 2.75) is 18.8 Å². The van der Waals surface area contributed by atoms with Crippen LogP contribution in [-0.2, 0) is 19.1 Å². The highest BCUT2D eigenvalue weighted by Crippen LogP contribution is 2.19. The highest BCUT2D eigenvalue weighted by Gasteiger charge is 2.36. The van der Waals surface area contributed by atoms with Gasteiger partial charge in [-0.3, -0.25) is 0 Å². The second-order valence-corrected chi connectivity index (χ2v) is 2.72. The van der Waals surface area contributed by atoms with Gasteiger partial charge in [0.15, 0.2) is 0 Å². The van der Waals surface area contributed by atoms with E-state index in [4.69, 9.17) is 5.11 Å². The third-order valence-electron chi connectivity index (χ3n) is 1.53. The van der Waals surface area contributed by atoms with Crippen molar-refractivity contribution in [3.05, 3.63) is 12.2 Å². The molecule has 0 aromatic rings. The molecule has 14 heavy (non-hydrogen) atoms. The molecule has 2 N–H and O–H groups in total. The number of rotatable bonds is 3. The Labute approximate surface area is 79.7 Å². The number of hydrogen-bond acceptors (Lipinski definition) is 6. The van der Waals surface area contributed by atoms with Crippen LogP contribution in [0.4, 0.5) is 0 Å². The molecule has 0 spiro atoms. The highest BCUT2D eigenvalue weighted by molar-refractivity contribution is 5.93. The number of ether oxygens (including phenoxy) is 2. The summed E-state index contributed by atoms with van der Waals surface area (Å²) in [5.41, 5.74) is 0. The smallest absolute Gasteiger partial charge is 0.373 e. The van der Waals surface area contributed by atoms with E-state index >= 15 is 0 Å². The van der Waals surface area contributed by atoms with Gasteiger partial charge in [0.05, 0.1) is 6.42 Å². The van der Waals surface area contributed by atoms with E-state index in [0.717, 1.165) is 12.2 Å². The summed E-state index contributed by atoms with van der Waals surface area (Å²) < 4.78 is 8.89. The van der Waals surface area contributed by atoms with Gasteiger partial charge in [0, 0.05) is 18.8 Å². The molecular weight excluding hydrogens is 192 g/mol. The van der Waals surface area contributed by atoms with Gasteiger partial charge in [-0.2, -0.15) is 0 Å². The molecular formula is C8H10O6. The maximum atomic E-state index is 10.8. The number of carbonyl (C=O) groups is 2.